The monoisotopic (exact) mass is 422 g/mol. The number of hydrogen-bond donors (Lipinski definition) is 1. The molecule has 7 heteroatoms. The topological polar surface area (TPSA) is 84.9 Å². The fourth-order valence-electron chi connectivity index (χ4n) is 4.01. The van der Waals surface area contributed by atoms with E-state index in [2.05, 4.69) is 5.32 Å². The number of ether oxygens (including phenoxy) is 2. The highest BCUT2D eigenvalue weighted by molar-refractivity contribution is 6.21. The highest BCUT2D eigenvalue weighted by atomic mass is 16.5. The highest BCUT2D eigenvalue weighted by Crippen LogP contribution is 2.35. The van der Waals surface area contributed by atoms with Crippen molar-refractivity contribution in [3.8, 4) is 11.5 Å². The zero-order valence-corrected chi connectivity index (χ0v) is 18.0. The smallest absolute Gasteiger partial charge is 0.261 e. The zero-order valence-electron chi connectivity index (χ0n) is 18.0. The van der Waals surface area contributed by atoms with Crippen LogP contribution in [0.1, 0.15) is 57.7 Å². The second-order valence-electron chi connectivity index (χ2n) is 7.97. The van der Waals surface area contributed by atoms with Crippen LogP contribution in [0.5, 0.6) is 11.5 Å². The SMILES string of the molecule is CCOc1cc2c(cc1CNC(=O)CCN1C(=O)c3ccc(C)cc3C1=O)OC(C)C2. The van der Waals surface area contributed by atoms with Crippen molar-refractivity contribution in [1.82, 2.24) is 10.2 Å². The van der Waals surface area contributed by atoms with Crippen LogP contribution < -0.4 is 14.8 Å². The highest BCUT2D eigenvalue weighted by Gasteiger charge is 2.35. The van der Waals surface area contributed by atoms with Gasteiger partial charge in [0, 0.05) is 37.1 Å². The fourth-order valence-corrected chi connectivity index (χ4v) is 4.01. The van der Waals surface area contributed by atoms with Crippen molar-refractivity contribution in [2.24, 2.45) is 0 Å². The standard InChI is InChI=1S/C24H26N2O5/c1-4-30-20-11-16-10-15(3)31-21(16)12-17(20)13-25-22(27)7-8-26-23(28)18-6-5-14(2)9-19(18)24(26)29/h5-6,9,11-12,15H,4,7-8,10,13H2,1-3H3,(H,25,27). The van der Waals surface area contributed by atoms with Gasteiger partial charge in [-0.05, 0) is 45.0 Å². The maximum Gasteiger partial charge on any atom is 0.261 e. The molecule has 2 aliphatic heterocycles. The second kappa shape index (κ2) is 8.41. The minimum absolute atomic E-state index is 0.0346. The summed E-state index contributed by atoms with van der Waals surface area (Å²) in [6.45, 7) is 6.65. The molecule has 1 atom stereocenters. The third kappa shape index (κ3) is 4.13. The average molecular weight is 422 g/mol. The van der Waals surface area contributed by atoms with E-state index in [-0.39, 0.29) is 43.3 Å². The van der Waals surface area contributed by atoms with Gasteiger partial charge in [-0.2, -0.15) is 0 Å². The van der Waals surface area contributed by atoms with Crippen molar-refractivity contribution in [2.75, 3.05) is 13.2 Å². The van der Waals surface area contributed by atoms with Crippen LogP contribution in [0.4, 0.5) is 0 Å². The number of nitrogens with one attached hydrogen (secondary N) is 1. The Balaban J connectivity index is 1.37. The van der Waals surface area contributed by atoms with Gasteiger partial charge in [-0.3, -0.25) is 19.3 Å². The first-order chi connectivity index (χ1) is 14.9. The van der Waals surface area contributed by atoms with Gasteiger partial charge in [0.25, 0.3) is 11.8 Å². The van der Waals surface area contributed by atoms with Crippen molar-refractivity contribution in [2.45, 2.75) is 46.3 Å². The van der Waals surface area contributed by atoms with Gasteiger partial charge in [-0.25, -0.2) is 0 Å². The summed E-state index contributed by atoms with van der Waals surface area (Å²) in [5.74, 6) is 0.609. The molecule has 0 bridgehead atoms. The minimum atomic E-state index is -0.351. The molecule has 0 radical (unpaired) electrons. The van der Waals surface area contributed by atoms with Crippen LogP contribution in [0.2, 0.25) is 0 Å². The van der Waals surface area contributed by atoms with E-state index in [0.717, 1.165) is 39.5 Å². The van der Waals surface area contributed by atoms with Gasteiger partial charge in [0.15, 0.2) is 0 Å². The lowest BCUT2D eigenvalue weighted by Gasteiger charge is -2.15. The lowest BCUT2D eigenvalue weighted by molar-refractivity contribution is -0.121. The van der Waals surface area contributed by atoms with E-state index in [9.17, 15) is 14.4 Å². The van der Waals surface area contributed by atoms with Gasteiger partial charge >= 0.3 is 0 Å². The lowest BCUT2D eigenvalue weighted by Crippen LogP contribution is -2.34. The molecule has 2 aliphatic rings. The molecule has 0 saturated heterocycles. The van der Waals surface area contributed by atoms with Crippen LogP contribution >= 0.6 is 0 Å². The predicted octanol–water partition coefficient (Wildman–Crippen LogP) is 3.02. The van der Waals surface area contributed by atoms with Gasteiger partial charge in [0.1, 0.15) is 17.6 Å². The van der Waals surface area contributed by atoms with Crippen LogP contribution in [0.15, 0.2) is 30.3 Å². The summed E-state index contributed by atoms with van der Waals surface area (Å²) in [6, 6.07) is 9.07. The molecule has 7 nitrogen and oxygen atoms in total. The summed E-state index contributed by atoms with van der Waals surface area (Å²) in [7, 11) is 0. The van der Waals surface area contributed by atoms with Gasteiger partial charge < -0.3 is 14.8 Å². The molecule has 0 aromatic heterocycles. The number of rotatable bonds is 7. The summed E-state index contributed by atoms with van der Waals surface area (Å²) in [4.78, 5) is 38.6. The molecule has 1 unspecified atom stereocenters. The molecule has 1 N–H and O–H groups in total. The number of imide groups is 1. The van der Waals surface area contributed by atoms with Gasteiger partial charge in [-0.15, -0.1) is 0 Å². The van der Waals surface area contributed by atoms with Crippen LogP contribution in [0.3, 0.4) is 0 Å². The molecule has 3 amide bonds. The Kier molecular flexibility index (Phi) is 5.67. The first-order valence-electron chi connectivity index (χ1n) is 10.6. The van der Waals surface area contributed by atoms with Crippen LogP contribution in [-0.2, 0) is 17.8 Å². The molecule has 4 rings (SSSR count). The van der Waals surface area contributed by atoms with E-state index in [4.69, 9.17) is 9.47 Å². The maximum absolute atomic E-state index is 12.5. The molecule has 0 fully saturated rings. The first-order valence-corrected chi connectivity index (χ1v) is 10.6. The van der Waals surface area contributed by atoms with E-state index in [0.29, 0.717) is 17.7 Å². The second-order valence-corrected chi connectivity index (χ2v) is 7.97. The van der Waals surface area contributed by atoms with Crippen LogP contribution in [0, 0.1) is 6.92 Å². The molecule has 0 saturated carbocycles. The minimum Gasteiger partial charge on any atom is -0.494 e. The molecular weight excluding hydrogens is 396 g/mol. The van der Waals surface area contributed by atoms with Crippen molar-refractivity contribution in [3.63, 3.8) is 0 Å². The van der Waals surface area contributed by atoms with E-state index in [1.807, 2.05) is 32.9 Å². The molecule has 2 aromatic carbocycles. The van der Waals surface area contributed by atoms with Gasteiger partial charge in [-0.1, -0.05) is 11.6 Å². The summed E-state index contributed by atoms with van der Waals surface area (Å²) < 4.78 is 11.6. The Morgan fingerprint density at radius 1 is 1.19 bits per heavy atom. The molecule has 0 aliphatic carbocycles. The zero-order chi connectivity index (χ0) is 22.1. The van der Waals surface area contributed by atoms with Crippen molar-refractivity contribution in [3.05, 3.63) is 58.1 Å². The number of hydrogen-bond acceptors (Lipinski definition) is 5. The Hall–Kier alpha value is -3.35. The van der Waals surface area contributed by atoms with E-state index < -0.39 is 0 Å². The normalized spacial score (nSPS) is 16.7. The third-order valence-electron chi connectivity index (χ3n) is 5.54. The number of aryl methyl sites for hydroxylation is 1. The number of fused-ring (bicyclic) bond motifs is 2. The number of nitrogens with zero attached hydrogens (tertiary/aromatic N) is 1. The molecule has 0 spiro atoms. The van der Waals surface area contributed by atoms with Gasteiger partial charge in [0.05, 0.1) is 17.7 Å². The number of carbonyl (C=O) groups excluding carboxylic acids is 3. The van der Waals surface area contributed by atoms with E-state index in [1.165, 1.54) is 0 Å². The largest absolute Gasteiger partial charge is 0.494 e. The van der Waals surface area contributed by atoms with E-state index >= 15 is 0 Å². The maximum atomic E-state index is 12.5. The van der Waals surface area contributed by atoms with Crippen molar-refractivity contribution < 1.29 is 23.9 Å². The molecule has 2 aromatic rings. The number of carbonyl (C=O) groups is 3. The average Bonchev–Trinajstić information content (AvgIpc) is 3.20. The van der Waals surface area contributed by atoms with E-state index in [1.54, 1.807) is 18.2 Å². The Bertz CT molecular complexity index is 1060. The van der Waals surface area contributed by atoms with Crippen LogP contribution in [0.25, 0.3) is 0 Å². The molecular formula is C24H26N2O5. The summed E-state index contributed by atoms with van der Waals surface area (Å²) in [6.07, 6.45) is 0.993. The molecule has 162 valence electrons. The number of amides is 3. The predicted molar refractivity (Wildman–Crippen MR) is 114 cm³/mol. The first kappa shape index (κ1) is 20.9. The van der Waals surface area contributed by atoms with Crippen LogP contribution in [-0.4, -0.2) is 41.9 Å². The fraction of sp³-hybridized carbons (Fsp3) is 0.375. The van der Waals surface area contributed by atoms with Crippen molar-refractivity contribution in [1.29, 1.82) is 0 Å². The summed E-state index contributed by atoms with van der Waals surface area (Å²) >= 11 is 0. The summed E-state index contributed by atoms with van der Waals surface area (Å²) in [5.41, 5.74) is 3.65. The quantitative estimate of drug-likeness (QED) is 0.694. The molecule has 31 heavy (non-hydrogen) atoms. The molecule has 2 heterocycles. The van der Waals surface area contributed by atoms with Crippen molar-refractivity contribution >= 4 is 17.7 Å². The Labute approximate surface area is 181 Å². The van der Waals surface area contributed by atoms with Gasteiger partial charge in [0.2, 0.25) is 5.91 Å². The third-order valence-corrected chi connectivity index (χ3v) is 5.54. The Morgan fingerprint density at radius 2 is 1.97 bits per heavy atom. The Morgan fingerprint density at radius 3 is 2.74 bits per heavy atom. The lowest BCUT2D eigenvalue weighted by atomic mass is 10.1. The number of benzene rings is 2. The summed E-state index contributed by atoms with van der Waals surface area (Å²) in [5, 5.41) is 2.86.